The molecule has 4 rings (SSSR count). The van der Waals surface area contributed by atoms with Gasteiger partial charge in [0.1, 0.15) is 18.3 Å². The van der Waals surface area contributed by atoms with Crippen LogP contribution in [0.3, 0.4) is 0 Å². The third-order valence-corrected chi connectivity index (χ3v) is 5.81. The second-order valence-electron chi connectivity index (χ2n) is 7.82. The van der Waals surface area contributed by atoms with E-state index in [2.05, 4.69) is 52.0 Å². The number of aryl methyl sites for hydroxylation is 4. The van der Waals surface area contributed by atoms with Crippen LogP contribution < -0.4 is 0 Å². The van der Waals surface area contributed by atoms with Crippen LogP contribution in [0.2, 0.25) is 0 Å². The minimum absolute atomic E-state index is 0.133. The lowest BCUT2D eigenvalue weighted by Crippen LogP contribution is -2.55. The zero-order valence-electron chi connectivity index (χ0n) is 16.8. The highest BCUT2D eigenvalue weighted by Crippen LogP contribution is 2.38. The molecule has 2 saturated heterocycles. The van der Waals surface area contributed by atoms with Gasteiger partial charge in [-0.25, -0.2) is 0 Å². The molecule has 28 heavy (non-hydrogen) atoms. The van der Waals surface area contributed by atoms with Crippen molar-refractivity contribution in [3.05, 3.63) is 69.8 Å². The highest BCUT2D eigenvalue weighted by Gasteiger charge is 2.45. The molecule has 0 radical (unpaired) electrons. The number of fused-ring (bicyclic) bond motifs is 1. The molecule has 2 heterocycles. The molecule has 1 N–H and O–H groups in total. The van der Waals surface area contributed by atoms with Crippen LogP contribution in [0.5, 0.6) is 0 Å². The Morgan fingerprint density at radius 2 is 1.39 bits per heavy atom. The molecule has 5 unspecified atom stereocenters. The van der Waals surface area contributed by atoms with E-state index in [1.807, 2.05) is 12.1 Å². The number of aliphatic hydroxyl groups excluding tert-OH is 1. The van der Waals surface area contributed by atoms with E-state index < -0.39 is 18.7 Å². The average molecular weight is 384 g/mol. The molecule has 0 aromatic heterocycles. The first-order valence-electron chi connectivity index (χ1n) is 9.79. The van der Waals surface area contributed by atoms with Crippen molar-refractivity contribution in [2.45, 2.75) is 58.6 Å². The molecule has 2 aliphatic heterocycles. The summed E-state index contributed by atoms with van der Waals surface area (Å²) in [6.07, 6.45) is -2.17. The zero-order valence-corrected chi connectivity index (χ0v) is 16.8. The lowest BCUT2D eigenvalue weighted by atomic mass is 10.0. The van der Waals surface area contributed by atoms with Gasteiger partial charge in [-0.15, -0.1) is 0 Å². The predicted molar refractivity (Wildman–Crippen MR) is 105 cm³/mol. The maximum atomic E-state index is 9.93. The van der Waals surface area contributed by atoms with E-state index >= 15 is 0 Å². The van der Waals surface area contributed by atoms with Gasteiger partial charge < -0.3 is 24.1 Å². The van der Waals surface area contributed by atoms with Crippen molar-refractivity contribution in [3.63, 3.8) is 0 Å². The van der Waals surface area contributed by atoms with Gasteiger partial charge >= 0.3 is 0 Å². The standard InChI is InChI=1S/C23H28O5/c1-13-5-7-17(9-15(13)3)22-25-12-20-21(28-22)19(11-24)26-23(27-20)18-8-6-14(2)16(4)10-18/h5-10,19-24H,11-12H2,1-4H3. The molecule has 0 spiro atoms. The number of ether oxygens (including phenoxy) is 4. The summed E-state index contributed by atoms with van der Waals surface area (Å²) in [6, 6.07) is 12.3. The minimum atomic E-state index is -0.539. The Bertz CT molecular complexity index is 841. The van der Waals surface area contributed by atoms with Crippen LogP contribution in [-0.4, -0.2) is 36.6 Å². The van der Waals surface area contributed by atoms with Gasteiger partial charge in [0.15, 0.2) is 12.6 Å². The molecule has 150 valence electrons. The van der Waals surface area contributed by atoms with Crippen molar-refractivity contribution in [1.82, 2.24) is 0 Å². The van der Waals surface area contributed by atoms with Crippen molar-refractivity contribution >= 4 is 0 Å². The molecule has 2 aromatic rings. The van der Waals surface area contributed by atoms with Crippen LogP contribution in [0.1, 0.15) is 46.0 Å². The summed E-state index contributed by atoms with van der Waals surface area (Å²) in [6.45, 7) is 8.55. The van der Waals surface area contributed by atoms with Gasteiger partial charge in [0.2, 0.25) is 0 Å². The molecule has 0 saturated carbocycles. The molecular formula is C23H28O5. The van der Waals surface area contributed by atoms with Gasteiger partial charge in [0, 0.05) is 11.1 Å². The lowest BCUT2D eigenvalue weighted by molar-refractivity contribution is -0.366. The Labute approximate surface area is 166 Å². The van der Waals surface area contributed by atoms with Crippen molar-refractivity contribution in [2.24, 2.45) is 0 Å². The third-order valence-electron chi connectivity index (χ3n) is 5.81. The number of benzene rings is 2. The molecule has 5 atom stereocenters. The number of aliphatic hydroxyl groups is 1. The molecule has 0 amide bonds. The molecule has 2 aromatic carbocycles. The van der Waals surface area contributed by atoms with E-state index in [-0.39, 0.29) is 18.8 Å². The zero-order chi connectivity index (χ0) is 19.8. The van der Waals surface area contributed by atoms with Crippen LogP contribution in [-0.2, 0) is 18.9 Å². The van der Waals surface area contributed by atoms with Gasteiger partial charge in [-0.05, 0) is 49.9 Å². The largest absolute Gasteiger partial charge is 0.394 e. The second kappa shape index (κ2) is 7.93. The van der Waals surface area contributed by atoms with Crippen LogP contribution in [0, 0.1) is 27.7 Å². The lowest BCUT2D eigenvalue weighted by Gasteiger charge is -2.45. The van der Waals surface area contributed by atoms with Gasteiger partial charge in [-0.3, -0.25) is 0 Å². The summed E-state index contributed by atoms with van der Waals surface area (Å²) in [5.41, 5.74) is 6.73. The molecule has 5 heteroatoms. The van der Waals surface area contributed by atoms with Gasteiger partial charge in [0.25, 0.3) is 0 Å². The van der Waals surface area contributed by atoms with Crippen molar-refractivity contribution in [2.75, 3.05) is 13.2 Å². The SMILES string of the molecule is Cc1ccc(C2OC(CO)C3OC(c4ccc(C)c(C)c4)OCC3O2)cc1C. The van der Waals surface area contributed by atoms with E-state index in [0.717, 1.165) is 11.1 Å². The molecule has 5 nitrogen and oxygen atoms in total. The fourth-order valence-corrected chi connectivity index (χ4v) is 3.72. The third kappa shape index (κ3) is 3.73. The highest BCUT2D eigenvalue weighted by molar-refractivity contribution is 5.32. The Kier molecular flexibility index (Phi) is 5.54. The Balaban J connectivity index is 1.52. The Hall–Kier alpha value is -1.76. The minimum Gasteiger partial charge on any atom is -0.394 e. The fourth-order valence-electron chi connectivity index (χ4n) is 3.72. The van der Waals surface area contributed by atoms with E-state index in [9.17, 15) is 5.11 Å². The normalized spacial score (nSPS) is 30.1. The summed E-state index contributed by atoms with van der Waals surface area (Å²) >= 11 is 0. The first-order valence-corrected chi connectivity index (χ1v) is 9.79. The average Bonchev–Trinajstić information content (AvgIpc) is 2.70. The van der Waals surface area contributed by atoms with Crippen LogP contribution in [0.15, 0.2) is 36.4 Å². The topological polar surface area (TPSA) is 57.2 Å². The van der Waals surface area contributed by atoms with E-state index in [1.54, 1.807) is 0 Å². The van der Waals surface area contributed by atoms with Crippen LogP contribution in [0.25, 0.3) is 0 Å². The maximum absolute atomic E-state index is 9.93. The summed E-state index contributed by atoms with van der Waals surface area (Å²) in [5.74, 6) is 0. The Morgan fingerprint density at radius 3 is 1.96 bits per heavy atom. The quantitative estimate of drug-likeness (QED) is 0.872. The van der Waals surface area contributed by atoms with E-state index in [4.69, 9.17) is 18.9 Å². The first kappa shape index (κ1) is 19.6. The smallest absolute Gasteiger partial charge is 0.184 e. The van der Waals surface area contributed by atoms with Crippen molar-refractivity contribution < 1.29 is 24.1 Å². The summed E-state index contributed by atoms with van der Waals surface area (Å²) in [4.78, 5) is 0. The van der Waals surface area contributed by atoms with Gasteiger partial charge in [-0.1, -0.05) is 36.4 Å². The first-order chi connectivity index (χ1) is 13.5. The predicted octanol–water partition coefficient (Wildman–Crippen LogP) is 3.81. The summed E-state index contributed by atoms with van der Waals surface area (Å²) in [7, 11) is 0. The number of hydrogen-bond acceptors (Lipinski definition) is 5. The maximum Gasteiger partial charge on any atom is 0.184 e. The summed E-state index contributed by atoms with van der Waals surface area (Å²) in [5, 5.41) is 9.93. The highest BCUT2D eigenvalue weighted by atomic mass is 16.8. The molecular weight excluding hydrogens is 356 g/mol. The van der Waals surface area contributed by atoms with Crippen molar-refractivity contribution in [3.8, 4) is 0 Å². The van der Waals surface area contributed by atoms with E-state index in [1.165, 1.54) is 22.3 Å². The fraction of sp³-hybridized carbons (Fsp3) is 0.478. The number of rotatable bonds is 3. The van der Waals surface area contributed by atoms with Crippen LogP contribution in [0.4, 0.5) is 0 Å². The molecule has 0 aliphatic carbocycles. The monoisotopic (exact) mass is 384 g/mol. The summed E-state index contributed by atoms with van der Waals surface area (Å²) < 4.78 is 24.3. The number of hydrogen-bond donors (Lipinski definition) is 1. The van der Waals surface area contributed by atoms with E-state index in [0.29, 0.717) is 6.61 Å². The van der Waals surface area contributed by atoms with Crippen LogP contribution >= 0.6 is 0 Å². The molecule has 2 fully saturated rings. The van der Waals surface area contributed by atoms with Crippen molar-refractivity contribution in [1.29, 1.82) is 0 Å². The van der Waals surface area contributed by atoms with Gasteiger partial charge in [-0.2, -0.15) is 0 Å². The second-order valence-corrected chi connectivity index (χ2v) is 7.82. The Morgan fingerprint density at radius 1 is 0.786 bits per heavy atom. The van der Waals surface area contributed by atoms with Gasteiger partial charge in [0.05, 0.1) is 13.2 Å². The molecule has 2 aliphatic rings. The molecule has 0 bridgehead atoms.